The molecular weight excluding hydrogens is 324 g/mol. The molecule has 2 N–H and O–H groups in total. The number of nitrogens with one attached hydrogen (secondary N) is 2. The number of hydrogen-bond donors (Lipinski definition) is 2. The van der Waals surface area contributed by atoms with Gasteiger partial charge in [-0.1, -0.05) is 25.7 Å². The minimum absolute atomic E-state index is 0.297. The molecule has 0 bridgehead atoms. The minimum Gasteiger partial charge on any atom is -0.357 e. The van der Waals surface area contributed by atoms with Gasteiger partial charge in [-0.2, -0.15) is 0 Å². The third kappa shape index (κ3) is 5.22. The fraction of sp³-hybridized carbons (Fsp3) is 0.800. The van der Waals surface area contributed by atoms with Crippen LogP contribution in [0.2, 0.25) is 0 Å². The summed E-state index contributed by atoms with van der Waals surface area (Å²) in [6, 6.07) is 0. The lowest BCUT2D eigenvalue weighted by molar-refractivity contribution is 0.0407. The Morgan fingerprint density at radius 2 is 1.85 bits per heavy atom. The molecule has 2 aliphatic rings. The fourth-order valence-corrected chi connectivity index (χ4v) is 4.44. The van der Waals surface area contributed by atoms with E-state index < -0.39 is 0 Å². The van der Waals surface area contributed by atoms with E-state index in [1.54, 1.807) is 0 Å². The maximum absolute atomic E-state index is 5.03. The highest BCUT2D eigenvalue weighted by molar-refractivity contribution is 5.79. The van der Waals surface area contributed by atoms with E-state index in [2.05, 4.69) is 32.0 Å². The second kappa shape index (κ2) is 9.95. The summed E-state index contributed by atoms with van der Waals surface area (Å²) in [5, 5.41) is 6.91. The molecule has 6 heteroatoms. The first-order valence-electron chi connectivity index (χ1n) is 10.6. The van der Waals surface area contributed by atoms with Gasteiger partial charge >= 0.3 is 0 Å². The van der Waals surface area contributed by atoms with Crippen molar-refractivity contribution >= 4 is 5.96 Å². The summed E-state index contributed by atoms with van der Waals surface area (Å²) in [4.78, 5) is 11.9. The number of aromatic nitrogens is 2. The van der Waals surface area contributed by atoms with Crippen LogP contribution in [-0.2, 0) is 6.54 Å². The van der Waals surface area contributed by atoms with Crippen LogP contribution in [0.15, 0.2) is 23.7 Å². The van der Waals surface area contributed by atoms with Crippen molar-refractivity contribution in [3.8, 4) is 0 Å². The Bertz CT molecular complexity index is 527. The highest BCUT2D eigenvalue weighted by atomic mass is 15.2. The van der Waals surface area contributed by atoms with Crippen molar-refractivity contribution in [2.24, 2.45) is 4.99 Å². The van der Waals surface area contributed by atoms with Crippen molar-refractivity contribution in [1.29, 1.82) is 0 Å². The zero-order valence-electron chi connectivity index (χ0n) is 16.4. The molecule has 6 nitrogen and oxygen atoms in total. The van der Waals surface area contributed by atoms with Crippen LogP contribution in [0.4, 0.5) is 0 Å². The summed E-state index contributed by atoms with van der Waals surface area (Å²) in [5.74, 6) is 0.953. The van der Waals surface area contributed by atoms with Gasteiger partial charge in [0.1, 0.15) is 0 Å². The number of aliphatic imine (C=N–C) groups is 1. The molecule has 26 heavy (non-hydrogen) atoms. The monoisotopic (exact) mass is 360 g/mol. The summed E-state index contributed by atoms with van der Waals surface area (Å²) in [7, 11) is 0. The zero-order valence-corrected chi connectivity index (χ0v) is 16.4. The third-order valence-electron chi connectivity index (χ3n) is 5.91. The van der Waals surface area contributed by atoms with Crippen molar-refractivity contribution in [2.75, 3.05) is 32.7 Å². The minimum atomic E-state index is 0.297. The molecule has 1 aromatic rings. The van der Waals surface area contributed by atoms with Gasteiger partial charge in [-0.3, -0.25) is 9.89 Å². The van der Waals surface area contributed by atoms with E-state index in [1.165, 1.54) is 64.5 Å². The second-order valence-corrected chi connectivity index (χ2v) is 7.76. The molecule has 0 atom stereocenters. The molecule has 1 aliphatic carbocycles. The average Bonchev–Trinajstić information content (AvgIpc) is 3.21. The lowest BCUT2D eigenvalue weighted by Gasteiger charge is -2.47. The third-order valence-corrected chi connectivity index (χ3v) is 5.91. The molecule has 3 rings (SSSR count). The molecule has 2 heterocycles. The average molecular weight is 361 g/mol. The van der Waals surface area contributed by atoms with Gasteiger partial charge in [-0.05, 0) is 45.7 Å². The highest BCUT2D eigenvalue weighted by Gasteiger charge is 2.38. The van der Waals surface area contributed by atoms with Crippen LogP contribution in [0.25, 0.3) is 0 Å². The Hall–Kier alpha value is -1.56. The van der Waals surface area contributed by atoms with Crippen LogP contribution in [0.3, 0.4) is 0 Å². The molecule has 0 unspecified atom stereocenters. The SMILES string of the molecule is CCNC(=NCC1(N2CCCCC2)CCCCC1)NCCn1ccnc1. The van der Waals surface area contributed by atoms with Gasteiger partial charge in [0.2, 0.25) is 0 Å². The van der Waals surface area contributed by atoms with Crippen LogP contribution in [-0.4, -0.2) is 58.7 Å². The summed E-state index contributed by atoms with van der Waals surface area (Å²) >= 11 is 0. The predicted octanol–water partition coefficient (Wildman–Crippen LogP) is 2.63. The van der Waals surface area contributed by atoms with E-state index in [-0.39, 0.29) is 0 Å². The molecule has 0 amide bonds. The summed E-state index contributed by atoms with van der Waals surface area (Å²) in [5.41, 5.74) is 0.297. The van der Waals surface area contributed by atoms with Crippen LogP contribution >= 0.6 is 0 Å². The second-order valence-electron chi connectivity index (χ2n) is 7.76. The molecule has 146 valence electrons. The molecular formula is C20H36N6. The highest BCUT2D eigenvalue weighted by Crippen LogP contribution is 2.35. The van der Waals surface area contributed by atoms with Crippen LogP contribution in [0.5, 0.6) is 0 Å². The normalized spacial score (nSPS) is 21.5. The molecule has 1 aromatic heterocycles. The van der Waals surface area contributed by atoms with Gasteiger partial charge in [-0.15, -0.1) is 0 Å². The summed E-state index contributed by atoms with van der Waals surface area (Å²) in [6.07, 6.45) is 16.5. The van der Waals surface area contributed by atoms with Crippen LogP contribution in [0.1, 0.15) is 58.3 Å². The first kappa shape index (κ1) is 19.2. The molecule has 0 spiro atoms. The Balaban J connectivity index is 1.60. The smallest absolute Gasteiger partial charge is 0.191 e. The van der Waals surface area contributed by atoms with Crippen molar-refractivity contribution in [3.63, 3.8) is 0 Å². The van der Waals surface area contributed by atoms with E-state index in [4.69, 9.17) is 4.99 Å². The number of hydrogen-bond acceptors (Lipinski definition) is 3. The van der Waals surface area contributed by atoms with Crippen molar-refractivity contribution in [3.05, 3.63) is 18.7 Å². The zero-order chi connectivity index (χ0) is 18.1. The van der Waals surface area contributed by atoms with Crippen molar-refractivity contribution < 1.29 is 0 Å². The van der Waals surface area contributed by atoms with E-state index in [1.807, 2.05) is 18.7 Å². The van der Waals surface area contributed by atoms with Gasteiger partial charge < -0.3 is 15.2 Å². The number of likely N-dealkylation sites (tertiary alicyclic amines) is 1. The van der Waals surface area contributed by atoms with Crippen LogP contribution in [0, 0.1) is 0 Å². The van der Waals surface area contributed by atoms with E-state index in [9.17, 15) is 0 Å². The Morgan fingerprint density at radius 1 is 1.08 bits per heavy atom. The molecule has 1 aliphatic heterocycles. The van der Waals surface area contributed by atoms with Crippen molar-refractivity contribution in [2.45, 2.75) is 70.4 Å². The van der Waals surface area contributed by atoms with E-state index >= 15 is 0 Å². The quantitative estimate of drug-likeness (QED) is 0.580. The van der Waals surface area contributed by atoms with E-state index in [0.29, 0.717) is 5.54 Å². The Kier molecular flexibility index (Phi) is 7.35. The fourth-order valence-electron chi connectivity index (χ4n) is 4.44. The van der Waals surface area contributed by atoms with Crippen molar-refractivity contribution in [1.82, 2.24) is 25.1 Å². The van der Waals surface area contributed by atoms with Gasteiger partial charge in [0.05, 0.1) is 12.9 Å². The number of nitrogens with zero attached hydrogens (tertiary/aromatic N) is 4. The topological polar surface area (TPSA) is 57.5 Å². The van der Waals surface area contributed by atoms with E-state index in [0.717, 1.165) is 32.1 Å². The first-order chi connectivity index (χ1) is 12.8. The maximum Gasteiger partial charge on any atom is 0.191 e. The number of piperidine rings is 1. The lowest BCUT2D eigenvalue weighted by Crippen LogP contribution is -2.54. The number of guanidine groups is 1. The van der Waals surface area contributed by atoms with Gasteiger partial charge in [0.15, 0.2) is 5.96 Å². The maximum atomic E-state index is 5.03. The molecule has 0 radical (unpaired) electrons. The van der Waals surface area contributed by atoms with Crippen LogP contribution < -0.4 is 10.6 Å². The Labute approximate surface area is 158 Å². The lowest BCUT2D eigenvalue weighted by atomic mass is 9.79. The summed E-state index contributed by atoms with van der Waals surface area (Å²) in [6.45, 7) is 8.25. The number of rotatable bonds is 7. The molecule has 1 saturated heterocycles. The molecule has 2 fully saturated rings. The number of imidazole rings is 1. The predicted molar refractivity (Wildman–Crippen MR) is 107 cm³/mol. The van der Waals surface area contributed by atoms with Gasteiger partial charge in [0.25, 0.3) is 0 Å². The molecule has 1 saturated carbocycles. The largest absolute Gasteiger partial charge is 0.357 e. The summed E-state index contributed by atoms with van der Waals surface area (Å²) < 4.78 is 2.09. The molecule has 0 aromatic carbocycles. The Morgan fingerprint density at radius 3 is 2.54 bits per heavy atom. The van der Waals surface area contributed by atoms with Gasteiger partial charge in [-0.25, -0.2) is 4.98 Å². The first-order valence-corrected chi connectivity index (χ1v) is 10.6. The standard InChI is InChI=1S/C20H36N6/c1-2-22-19(23-12-16-25-15-11-21-18-25)24-17-20(9-5-3-6-10-20)26-13-7-4-8-14-26/h11,15,18H,2-10,12-14,16-17H2,1H3,(H2,22,23,24). The van der Waals surface area contributed by atoms with Gasteiger partial charge in [0, 0.05) is 37.6 Å².